The highest BCUT2D eigenvalue weighted by Gasteiger charge is 2.32. The first-order valence-corrected chi connectivity index (χ1v) is 6.56. The van der Waals surface area contributed by atoms with Gasteiger partial charge in [-0.05, 0) is 6.42 Å². The Bertz CT molecular complexity index is 368. The first-order valence-electron chi connectivity index (χ1n) is 6.56. The molecular weight excluding hydrogens is 266 g/mol. The molecule has 0 radical (unpaired) electrons. The van der Waals surface area contributed by atoms with E-state index in [2.05, 4.69) is 0 Å². The molecule has 0 spiro atoms. The molecule has 0 aliphatic carbocycles. The normalized spacial score (nSPS) is 15.2. The number of urea groups is 1. The second-order valence-corrected chi connectivity index (χ2v) is 4.62. The molecule has 1 heterocycles. The molecular formula is C12H21N3O5. The second-order valence-electron chi connectivity index (χ2n) is 4.62. The molecule has 0 atom stereocenters. The molecule has 8 nitrogen and oxygen atoms in total. The third-order valence-corrected chi connectivity index (χ3v) is 3.10. The molecule has 0 aromatic rings. The van der Waals surface area contributed by atoms with Crippen LogP contribution in [0, 0.1) is 0 Å². The second kappa shape index (κ2) is 7.81. The van der Waals surface area contributed by atoms with Gasteiger partial charge in [0.05, 0.1) is 13.2 Å². The lowest BCUT2D eigenvalue weighted by molar-refractivity contribution is -0.133. The van der Waals surface area contributed by atoms with Gasteiger partial charge in [-0.3, -0.25) is 14.5 Å². The number of hydrogen-bond donors (Lipinski definition) is 2. The monoisotopic (exact) mass is 287 g/mol. The van der Waals surface area contributed by atoms with Gasteiger partial charge in [0.2, 0.25) is 11.8 Å². The largest absolute Gasteiger partial charge is 0.395 e. The summed E-state index contributed by atoms with van der Waals surface area (Å²) < 4.78 is 0. The van der Waals surface area contributed by atoms with Gasteiger partial charge in [-0.1, -0.05) is 0 Å². The number of carbonyl (C=O) groups is 3. The Labute approximate surface area is 117 Å². The van der Waals surface area contributed by atoms with Gasteiger partial charge in [0.15, 0.2) is 0 Å². The summed E-state index contributed by atoms with van der Waals surface area (Å²) >= 11 is 0. The first kappa shape index (κ1) is 16.4. The number of nitrogens with zero attached hydrogens (tertiary/aromatic N) is 3. The maximum Gasteiger partial charge on any atom is 0.326 e. The lowest BCUT2D eigenvalue weighted by Crippen LogP contribution is -2.37. The summed E-state index contributed by atoms with van der Waals surface area (Å²) in [4.78, 5) is 38.8. The van der Waals surface area contributed by atoms with Crippen molar-refractivity contribution in [3.8, 4) is 0 Å². The van der Waals surface area contributed by atoms with E-state index in [1.807, 2.05) is 0 Å². The number of aliphatic hydroxyl groups excluding tert-OH is 2. The predicted molar refractivity (Wildman–Crippen MR) is 69.7 cm³/mol. The smallest absolute Gasteiger partial charge is 0.326 e. The zero-order valence-corrected chi connectivity index (χ0v) is 11.6. The third kappa shape index (κ3) is 4.17. The fourth-order valence-electron chi connectivity index (χ4n) is 2.04. The Kier molecular flexibility index (Phi) is 6.40. The molecule has 1 aliphatic heterocycles. The minimum absolute atomic E-state index is 0.0773. The molecule has 0 saturated carbocycles. The molecule has 1 fully saturated rings. The zero-order chi connectivity index (χ0) is 15.1. The summed E-state index contributed by atoms with van der Waals surface area (Å²) in [5, 5.41) is 17.7. The number of aliphatic hydroxyl groups is 2. The van der Waals surface area contributed by atoms with Crippen molar-refractivity contribution in [1.29, 1.82) is 0 Å². The summed E-state index contributed by atoms with van der Waals surface area (Å²) in [6, 6.07) is -0.343. The summed E-state index contributed by atoms with van der Waals surface area (Å²) in [5.41, 5.74) is 0. The molecule has 0 aromatic carbocycles. The zero-order valence-electron chi connectivity index (χ0n) is 11.6. The molecule has 4 amide bonds. The fourth-order valence-corrected chi connectivity index (χ4v) is 2.04. The van der Waals surface area contributed by atoms with Gasteiger partial charge in [-0.2, -0.15) is 0 Å². The van der Waals surface area contributed by atoms with E-state index in [1.165, 1.54) is 9.80 Å². The topological polar surface area (TPSA) is 101 Å². The van der Waals surface area contributed by atoms with Crippen molar-refractivity contribution in [3.63, 3.8) is 0 Å². The van der Waals surface area contributed by atoms with Crippen molar-refractivity contribution in [2.45, 2.75) is 12.8 Å². The standard InChI is InChI=1S/C12H21N3O5/c1-13-9-11(19)15(12(13)20)4-2-3-10(18)14(5-7-16)6-8-17/h16-17H,2-9H2,1H3. The van der Waals surface area contributed by atoms with Crippen molar-refractivity contribution in [1.82, 2.24) is 14.7 Å². The van der Waals surface area contributed by atoms with Gasteiger partial charge in [0.1, 0.15) is 6.54 Å². The number of likely N-dealkylation sites (N-methyl/N-ethyl adjacent to an activating group) is 1. The molecule has 2 N–H and O–H groups in total. The average molecular weight is 287 g/mol. The van der Waals surface area contributed by atoms with Crippen LogP contribution in [0.1, 0.15) is 12.8 Å². The van der Waals surface area contributed by atoms with Crippen molar-refractivity contribution in [2.75, 3.05) is 46.4 Å². The van der Waals surface area contributed by atoms with Crippen molar-refractivity contribution >= 4 is 17.8 Å². The predicted octanol–water partition coefficient (Wildman–Crippen LogP) is -1.53. The van der Waals surface area contributed by atoms with Gasteiger partial charge in [-0.25, -0.2) is 4.79 Å². The van der Waals surface area contributed by atoms with Crippen LogP contribution in [0.2, 0.25) is 0 Å². The van der Waals surface area contributed by atoms with Crippen molar-refractivity contribution in [3.05, 3.63) is 0 Å². The molecule has 1 rings (SSSR count). The Morgan fingerprint density at radius 1 is 1.25 bits per heavy atom. The van der Waals surface area contributed by atoms with Crippen molar-refractivity contribution < 1.29 is 24.6 Å². The van der Waals surface area contributed by atoms with Crippen LogP contribution < -0.4 is 0 Å². The maximum absolute atomic E-state index is 11.8. The number of hydrogen-bond acceptors (Lipinski definition) is 5. The molecule has 0 bridgehead atoms. The Morgan fingerprint density at radius 3 is 2.30 bits per heavy atom. The molecule has 1 saturated heterocycles. The Morgan fingerprint density at radius 2 is 1.85 bits per heavy atom. The van der Waals surface area contributed by atoms with E-state index in [0.717, 1.165) is 4.90 Å². The third-order valence-electron chi connectivity index (χ3n) is 3.10. The average Bonchev–Trinajstić information content (AvgIpc) is 2.64. The van der Waals surface area contributed by atoms with E-state index >= 15 is 0 Å². The van der Waals surface area contributed by atoms with E-state index in [9.17, 15) is 14.4 Å². The van der Waals surface area contributed by atoms with Crippen LogP contribution >= 0.6 is 0 Å². The highest BCUT2D eigenvalue weighted by molar-refractivity contribution is 6.01. The van der Waals surface area contributed by atoms with Crippen molar-refractivity contribution in [2.24, 2.45) is 0 Å². The van der Waals surface area contributed by atoms with Gasteiger partial charge in [0.25, 0.3) is 0 Å². The number of rotatable bonds is 8. The SMILES string of the molecule is CN1CC(=O)N(CCCC(=O)N(CCO)CCO)C1=O. The van der Waals surface area contributed by atoms with Crippen LogP contribution in [-0.4, -0.2) is 89.2 Å². The molecule has 8 heteroatoms. The summed E-state index contributed by atoms with van der Waals surface area (Å²) in [6.07, 6.45) is 0.540. The van der Waals surface area contributed by atoms with Gasteiger partial charge >= 0.3 is 6.03 Å². The fraction of sp³-hybridized carbons (Fsp3) is 0.750. The maximum atomic E-state index is 11.8. The Hall–Kier alpha value is -1.67. The van der Waals surface area contributed by atoms with E-state index in [1.54, 1.807) is 7.05 Å². The summed E-state index contributed by atoms with van der Waals surface area (Å²) in [5.74, 6) is -0.465. The van der Waals surface area contributed by atoms with Crippen LogP contribution in [-0.2, 0) is 9.59 Å². The number of imide groups is 1. The number of carbonyl (C=O) groups excluding carboxylic acids is 3. The van der Waals surface area contributed by atoms with Gasteiger partial charge < -0.3 is 20.0 Å². The summed E-state index contributed by atoms with van der Waals surface area (Å²) in [6.45, 7) is 0.292. The van der Waals surface area contributed by atoms with Crippen LogP contribution in [0.5, 0.6) is 0 Å². The summed E-state index contributed by atoms with van der Waals surface area (Å²) in [7, 11) is 1.55. The molecule has 114 valence electrons. The molecule has 0 unspecified atom stereocenters. The van der Waals surface area contributed by atoms with E-state index in [-0.39, 0.29) is 63.7 Å². The number of amides is 4. The first-order chi connectivity index (χ1) is 9.51. The Balaban J connectivity index is 2.37. The van der Waals surface area contributed by atoms with E-state index in [4.69, 9.17) is 10.2 Å². The van der Waals surface area contributed by atoms with Gasteiger partial charge in [0, 0.05) is 33.1 Å². The van der Waals surface area contributed by atoms with Crippen LogP contribution in [0.25, 0.3) is 0 Å². The quantitative estimate of drug-likeness (QED) is 0.528. The molecule has 20 heavy (non-hydrogen) atoms. The van der Waals surface area contributed by atoms with E-state index < -0.39 is 0 Å². The lowest BCUT2D eigenvalue weighted by Gasteiger charge is -2.21. The van der Waals surface area contributed by atoms with Gasteiger partial charge in [-0.15, -0.1) is 0 Å². The van der Waals surface area contributed by atoms with Crippen LogP contribution in [0.4, 0.5) is 4.79 Å². The lowest BCUT2D eigenvalue weighted by atomic mass is 10.2. The van der Waals surface area contributed by atoms with Crippen LogP contribution in [0.3, 0.4) is 0 Å². The molecule has 1 aliphatic rings. The minimum Gasteiger partial charge on any atom is -0.395 e. The van der Waals surface area contributed by atoms with Crippen LogP contribution in [0.15, 0.2) is 0 Å². The van der Waals surface area contributed by atoms with E-state index in [0.29, 0.717) is 6.42 Å². The highest BCUT2D eigenvalue weighted by Crippen LogP contribution is 2.09. The highest BCUT2D eigenvalue weighted by atomic mass is 16.3. The minimum atomic E-state index is -0.343. The molecule has 0 aromatic heterocycles.